The second kappa shape index (κ2) is 7.02. The molecule has 5 heteroatoms. The van der Waals surface area contributed by atoms with E-state index in [0.29, 0.717) is 18.8 Å². The van der Waals surface area contributed by atoms with E-state index in [9.17, 15) is 4.79 Å². The van der Waals surface area contributed by atoms with Crippen LogP contribution in [0.3, 0.4) is 0 Å². The Hall–Kier alpha value is -2.17. The summed E-state index contributed by atoms with van der Waals surface area (Å²) in [5.74, 6) is 1.42. The van der Waals surface area contributed by atoms with Crippen molar-refractivity contribution >= 4 is 11.5 Å². The number of carbonyl (C=O) groups excluding carboxylic acids is 1. The first-order valence-corrected chi connectivity index (χ1v) is 7.27. The van der Waals surface area contributed by atoms with Gasteiger partial charge < -0.3 is 5.73 Å². The smallest absolute Gasteiger partial charge is 0.140 e. The second-order valence-electron chi connectivity index (χ2n) is 5.71. The third-order valence-electron chi connectivity index (χ3n) is 3.26. The predicted molar refractivity (Wildman–Crippen MR) is 82.7 cm³/mol. The molecule has 0 fully saturated rings. The van der Waals surface area contributed by atoms with E-state index >= 15 is 0 Å². The number of rotatable bonds is 7. The fourth-order valence-electron chi connectivity index (χ4n) is 2.16. The fraction of sp³-hybridized carbons (Fsp3) is 0.438. The quantitative estimate of drug-likeness (QED) is 0.792. The van der Waals surface area contributed by atoms with Crippen LogP contribution in [0.2, 0.25) is 0 Å². The zero-order valence-electron chi connectivity index (χ0n) is 12.6. The molecule has 0 unspecified atom stereocenters. The van der Waals surface area contributed by atoms with E-state index in [1.54, 1.807) is 0 Å². The molecular weight excluding hydrogens is 264 g/mol. The Kier molecular flexibility index (Phi) is 5.09. The summed E-state index contributed by atoms with van der Waals surface area (Å²) in [4.78, 5) is 16.3. The minimum absolute atomic E-state index is 0.185. The van der Waals surface area contributed by atoms with Crippen LogP contribution in [0.4, 0.5) is 5.69 Å². The summed E-state index contributed by atoms with van der Waals surface area (Å²) in [6.45, 7) is 5.03. The SMILES string of the molecule is CC(C)Cn1ncnc1CC(=O)CCc1ccc(N)cc1. The van der Waals surface area contributed by atoms with Crippen LogP contribution in [-0.2, 0) is 24.2 Å². The molecule has 0 aliphatic rings. The Morgan fingerprint density at radius 2 is 2.00 bits per heavy atom. The van der Waals surface area contributed by atoms with Crippen LogP contribution in [0.25, 0.3) is 0 Å². The van der Waals surface area contributed by atoms with Crippen LogP contribution in [0.5, 0.6) is 0 Å². The molecule has 0 saturated carbocycles. The van der Waals surface area contributed by atoms with E-state index in [-0.39, 0.29) is 5.78 Å². The van der Waals surface area contributed by atoms with Crippen LogP contribution in [-0.4, -0.2) is 20.5 Å². The van der Waals surface area contributed by atoms with Crippen molar-refractivity contribution < 1.29 is 4.79 Å². The van der Waals surface area contributed by atoms with Gasteiger partial charge in [0.1, 0.15) is 17.9 Å². The lowest BCUT2D eigenvalue weighted by atomic mass is 10.1. The first kappa shape index (κ1) is 15.2. The normalized spacial score (nSPS) is 11.0. The Labute approximate surface area is 125 Å². The zero-order valence-corrected chi connectivity index (χ0v) is 12.6. The molecule has 2 rings (SSSR count). The average molecular weight is 286 g/mol. The molecule has 1 heterocycles. The molecule has 0 saturated heterocycles. The lowest BCUT2D eigenvalue weighted by Gasteiger charge is -2.08. The summed E-state index contributed by atoms with van der Waals surface area (Å²) in [6.07, 6.45) is 3.11. The average Bonchev–Trinajstić information content (AvgIpc) is 2.84. The van der Waals surface area contributed by atoms with Gasteiger partial charge in [0.05, 0.1) is 6.42 Å². The third kappa shape index (κ3) is 4.70. The number of Topliss-reactive ketones (excluding diaryl/α,β-unsaturated/α-hetero) is 1. The summed E-state index contributed by atoms with van der Waals surface area (Å²) in [6, 6.07) is 7.64. The van der Waals surface area contributed by atoms with Crippen molar-refractivity contribution in [2.45, 2.75) is 39.7 Å². The molecule has 0 radical (unpaired) electrons. The minimum Gasteiger partial charge on any atom is -0.399 e. The molecule has 1 aromatic heterocycles. The van der Waals surface area contributed by atoms with Crippen molar-refractivity contribution in [3.8, 4) is 0 Å². The highest BCUT2D eigenvalue weighted by atomic mass is 16.1. The highest BCUT2D eigenvalue weighted by Crippen LogP contribution is 2.09. The number of ketones is 1. The van der Waals surface area contributed by atoms with E-state index in [0.717, 1.165) is 30.0 Å². The van der Waals surface area contributed by atoms with Crippen molar-refractivity contribution in [1.29, 1.82) is 0 Å². The topological polar surface area (TPSA) is 73.8 Å². The first-order chi connectivity index (χ1) is 10.0. The molecule has 0 aliphatic heterocycles. The van der Waals surface area contributed by atoms with Gasteiger partial charge in [-0.15, -0.1) is 0 Å². The van der Waals surface area contributed by atoms with Gasteiger partial charge in [-0.2, -0.15) is 5.10 Å². The highest BCUT2D eigenvalue weighted by Gasteiger charge is 2.11. The van der Waals surface area contributed by atoms with Crippen molar-refractivity contribution in [1.82, 2.24) is 14.8 Å². The lowest BCUT2D eigenvalue weighted by molar-refractivity contribution is -0.118. The van der Waals surface area contributed by atoms with Gasteiger partial charge >= 0.3 is 0 Å². The Balaban J connectivity index is 1.87. The van der Waals surface area contributed by atoms with Crippen molar-refractivity contribution in [2.24, 2.45) is 5.92 Å². The van der Waals surface area contributed by atoms with E-state index in [1.165, 1.54) is 6.33 Å². The van der Waals surface area contributed by atoms with E-state index in [2.05, 4.69) is 23.9 Å². The molecule has 2 N–H and O–H groups in total. The third-order valence-corrected chi connectivity index (χ3v) is 3.26. The molecule has 0 spiro atoms. The van der Waals surface area contributed by atoms with E-state index < -0.39 is 0 Å². The molecule has 0 aliphatic carbocycles. The number of anilines is 1. The van der Waals surface area contributed by atoms with Crippen LogP contribution in [0.1, 0.15) is 31.7 Å². The number of carbonyl (C=O) groups is 1. The fourth-order valence-corrected chi connectivity index (χ4v) is 2.16. The van der Waals surface area contributed by atoms with Gasteiger partial charge in [-0.3, -0.25) is 4.79 Å². The summed E-state index contributed by atoms with van der Waals surface area (Å²) < 4.78 is 1.83. The molecule has 112 valence electrons. The molecular formula is C16H22N4O. The minimum atomic E-state index is 0.185. The van der Waals surface area contributed by atoms with E-state index in [4.69, 9.17) is 5.73 Å². The van der Waals surface area contributed by atoms with Gasteiger partial charge in [0.15, 0.2) is 0 Å². The van der Waals surface area contributed by atoms with Crippen LogP contribution in [0.15, 0.2) is 30.6 Å². The molecule has 5 nitrogen and oxygen atoms in total. The monoisotopic (exact) mass is 286 g/mol. The van der Waals surface area contributed by atoms with Crippen LogP contribution >= 0.6 is 0 Å². The number of hydrogen-bond acceptors (Lipinski definition) is 4. The number of nitrogens with two attached hydrogens (primary N) is 1. The number of aryl methyl sites for hydroxylation is 1. The van der Waals surface area contributed by atoms with Gasteiger partial charge in [0, 0.05) is 18.7 Å². The summed E-state index contributed by atoms with van der Waals surface area (Å²) in [5, 5.41) is 4.18. The van der Waals surface area contributed by atoms with Gasteiger partial charge in [-0.1, -0.05) is 26.0 Å². The van der Waals surface area contributed by atoms with Gasteiger partial charge in [0.2, 0.25) is 0 Å². The number of benzene rings is 1. The Morgan fingerprint density at radius 3 is 2.67 bits per heavy atom. The lowest BCUT2D eigenvalue weighted by Crippen LogP contribution is -2.14. The standard InChI is InChI=1S/C16H22N4O/c1-12(2)10-20-16(18-11-19-20)9-15(21)8-5-13-3-6-14(17)7-4-13/h3-4,6-7,11-12H,5,8-10,17H2,1-2H3. The molecule has 0 bridgehead atoms. The maximum atomic E-state index is 12.1. The van der Waals surface area contributed by atoms with Crippen LogP contribution < -0.4 is 5.73 Å². The zero-order chi connectivity index (χ0) is 15.2. The van der Waals surface area contributed by atoms with E-state index in [1.807, 2.05) is 28.9 Å². The molecule has 0 atom stereocenters. The second-order valence-corrected chi connectivity index (χ2v) is 5.71. The first-order valence-electron chi connectivity index (χ1n) is 7.27. The van der Waals surface area contributed by atoms with Gasteiger partial charge in [0.25, 0.3) is 0 Å². The Bertz CT molecular complexity index is 587. The maximum absolute atomic E-state index is 12.1. The van der Waals surface area contributed by atoms with Crippen molar-refractivity contribution in [3.63, 3.8) is 0 Å². The summed E-state index contributed by atoms with van der Waals surface area (Å²) in [5.41, 5.74) is 7.51. The van der Waals surface area contributed by atoms with Crippen molar-refractivity contribution in [2.75, 3.05) is 5.73 Å². The number of aromatic nitrogens is 3. The molecule has 2 aromatic rings. The van der Waals surface area contributed by atoms with Crippen molar-refractivity contribution in [3.05, 3.63) is 42.0 Å². The molecule has 1 aromatic carbocycles. The largest absolute Gasteiger partial charge is 0.399 e. The summed E-state index contributed by atoms with van der Waals surface area (Å²) >= 11 is 0. The Morgan fingerprint density at radius 1 is 1.29 bits per heavy atom. The van der Waals surface area contributed by atoms with Gasteiger partial charge in [-0.25, -0.2) is 9.67 Å². The number of hydrogen-bond donors (Lipinski definition) is 1. The number of nitrogen functional groups attached to an aromatic ring is 1. The van der Waals surface area contributed by atoms with Gasteiger partial charge in [-0.05, 0) is 30.0 Å². The molecule has 21 heavy (non-hydrogen) atoms. The predicted octanol–water partition coefficient (Wildman–Crippen LogP) is 2.26. The molecule has 0 amide bonds. The maximum Gasteiger partial charge on any atom is 0.140 e. The number of nitrogens with zero attached hydrogens (tertiary/aromatic N) is 3. The summed E-state index contributed by atoms with van der Waals surface area (Å²) in [7, 11) is 0. The highest BCUT2D eigenvalue weighted by molar-refractivity contribution is 5.80. The van der Waals surface area contributed by atoms with Crippen LogP contribution in [0, 0.1) is 5.92 Å².